The molecule has 3 nitrogen and oxygen atoms in total. The van der Waals surface area contributed by atoms with Crippen molar-refractivity contribution in [3.05, 3.63) is 59.4 Å². The number of para-hydroxylation sites is 1. The van der Waals surface area contributed by atoms with E-state index in [9.17, 15) is 9.18 Å². The lowest BCUT2D eigenvalue weighted by Crippen LogP contribution is -2.20. The normalized spacial score (nSPS) is 13.1. The summed E-state index contributed by atoms with van der Waals surface area (Å²) in [5.41, 5.74) is 2.04. The Morgan fingerprint density at radius 2 is 2.10 bits per heavy atom. The molecule has 102 valence electrons. The second-order valence-electron chi connectivity index (χ2n) is 4.69. The first-order chi connectivity index (χ1) is 9.74. The first kappa shape index (κ1) is 12.7. The monoisotopic (exact) mass is 271 g/mol. The van der Waals surface area contributed by atoms with Crippen molar-refractivity contribution in [2.24, 2.45) is 0 Å². The molecule has 1 aliphatic rings. The van der Waals surface area contributed by atoms with E-state index in [0.717, 1.165) is 12.2 Å². The number of halogens is 1. The van der Waals surface area contributed by atoms with Gasteiger partial charge in [-0.1, -0.05) is 18.2 Å². The second kappa shape index (κ2) is 5.33. The molecular weight excluding hydrogens is 257 g/mol. The molecule has 2 aromatic carbocycles. The van der Waals surface area contributed by atoms with Crippen LogP contribution in [-0.2, 0) is 6.42 Å². The van der Waals surface area contributed by atoms with Gasteiger partial charge < -0.3 is 10.1 Å². The van der Waals surface area contributed by atoms with Crippen LogP contribution in [0.5, 0.6) is 5.75 Å². The molecule has 1 aliphatic heterocycles. The third-order valence-corrected chi connectivity index (χ3v) is 3.23. The predicted octanol–water partition coefficient (Wildman–Crippen LogP) is 3.06. The molecule has 0 fully saturated rings. The van der Waals surface area contributed by atoms with Crippen molar-refractivity contribution in [2.45, 2.75) is 6.42 Å². The van der Waals surface area contributed by atoms with Crippen LogP contribution in [0.25, 0.3) is 0 Å². The maximum atomic E-state index is 13.1. The van der Waals surface area contributed by atoms with Crippen LogP contribution >= 0.6 is 0 Å². The molecule has 0 aliphatic carbocycles. The number of hydrogen-bond acceptors (Lipinski definition) is 3. The summed E-state index contributed by atoms with van der Waals surface area (Å²) in [5, 5.41) is 3.19. The molecule has 3 rings (SSSR count). The summed E-state index contributed by atoms with van der Waals surface area (Å²) in [6.45, 7) is 1.27. The SMILES string of the molecule is O=C(Cc1cccc(F)c1)c1cccc2c1OCCN2. The zero-order chi connectivity index (χ0) is 13.9. The van der Waals surface area contributed by atoms with Crippen LogP contribution in [0.2, 0.25) is 0 Å². The topological polar surface area (TPSA) is 38.3 Å². The summed E-state index contributed by atoms with van der Waals surface area (Å²) in [5.74, 6) is 0.194. The number of carbonyl (C=O) groups is 1. The molecule has 0 spiro atoms. The van der Waals surface area contributed by atoms with E-state index in [1.807, 2.05) is 12.1 Å². The number of benzene rings is 2. The summed E-state index contributed by atoms with van der Waals surface area (Å²) >= 11 is 0. The number of carbonyl (C=O) groups excluding carboxylic acids is 1. The van der Waals surface area contributed by atoms with E-state index in [4.69, 9.17) is 4.74 Å². The number of fused-ring (bicyclic) bond motifs is 1. The van der Waals surface area contributed by atoms with Crippen molar-refractivity contribution in [1.29, 1.82) is 0 Å². The molecule has 1 heterocycles. The lowest BCUT2D eigenvalue weighted by Gasteiger charge is -2.21. The highest BCUT2D eigenvalue weighted by Gasteiger charge is 2.19. The van der Waals surface area contributed by atoms with Gasteiger partial charge in [-0.15, -0.1) is 0 Å². The van der Waals surface area contributed by atoms with Gasteiger partial charge in [0, 0.05) is 13.0 Å². The molecular formula is C16H14FNO2. The Kier molecular flexibility index (Phi) is 3.37. The van der Waals surface area contributed by atoms with Crippen molar-refractivity contribution >= 4 is 11.5 Å². The largest absolute Gasteiger partial charge is 0.489 e. The summed E-state index contributed by atoms with van der Waals surface area (Å²) in [6.07, 6.45) is 0.164. The first-order valence-electron chi connectivity index (χ1n) is 6.51. The highest BCUT2D eigenvalue weighted by atomic mass is 19.1. The predicted molar refractivity (Wildman–Crippen MR) is 74.9 cm³/mol. The fraction of sp³-hybridized carbons (Fsp3) is 0.188. The second-order valence-corrected chi connectivity index (χ2v) is 4.69. The summed E-state index contributed by atoms with van der Waals surface area (Å²) in [7, 11) is 0. The minimum absolute atomic E-state index is 0.0730. The number of ketones is 1. The maximum absolute atomic E-state index is 13.1. The highest BCUT2D eigenvalue weighted by Crippen LogP contribution is 2.32. The van der Waals surface area contributed by atoms with Gasteiger partial charge in [-0.25, -0.2) is 4.39 Å². The number of nitrogens with one attached hydrogen (secondary N) is 1. The highest BCUT2D eigenvalue weighted by molar-refractivity contribution is 6.01. The van der Waals surface area contributed by atoms with Crippen LogP contribution in [-0.4, -0.2) is 18.9 Å². The van der Waals surface area contributed by atoms with Gasteiger partial charge in [0.1, 0.15) is 12.4 Å². The lowest BCUT2D eigenvalue weighted by atomic mass is 10.0. The molecule has 0 atom stereocenters. The molecule has 2 aromatic rings. The standard InChI is InChI=1S/C16H14FNO2/c17-12-4-1-3-11(9-12)10-15(19)13-5-2-6-14-16(13)20-8-7-18-14/h1-6,9,18H,7-8,10H2. The van der Waals surface area contributed by atoms with Gasteiger partial charge >= 0.3 is 0 Å². The Balaban J connectivity index is 1.88. The summed E-state index contributed by atoms with van der Waals surface area (Å²) < 4.78 is 18.7. The molecule has 0 saturated heterocycles. The number of hydrogen-bond donors (Lipinski definition) is 1. The Hall–Kier alpha value is -2.36. The average Bonchev–Trinajstić information content (AvgIpc) is 2.46. The van der Waals surface area contributed by atoms with Crippen molar-refractivity contribution < 1.29 is 13.9 Å². The Morgan fingerprint density at radius 1 is 1.25 bits per heavy atom. The van der Waals surface area contributed by atoms with Gasteiger partial charge in [0.25, 0.3) is 0 Å². The van der Waals surface area contributed by atoms with Crippen molar-refractivity contribution in [1.82, 2.24) is 0 Å². The Morgan fingerprint density at radius 3 is 2.95 bits per heavy atom. The average molecular weight is 271 g/mol. The molecule has 0 radical (unpaired) electrons. The minimum atomic E-state index is -0.330. The maximum Gasteiger partial charge on any atom is 0.171 e. The van der Waals surface area contributed by atoms with Crippen LogP contribution in [0.15, 0.2) is 42.5 Å². The van der Waals surface area contributed by atoms with Crippen molar-refractivity contribution in [3.8, 4) is 5.75 Å². The van der Waals surface area contributed by atoms with E-state index < -0.39 is 0 Å². The Labute approximate surface area is 116 Å². The molecule has 0 bridgehead atoms. The fourth-order valence-electron chi connectivity index (χ4n) is 2.32. The number of ether oxygens (including phenoxy) is 1. The van der Waals surface area contributed by atoms with Crippen LogP contribution < -0.4 is 10.1 Å². The third-order valence-electron chi connectivity index (χ3n) is 3.23. The van der Waals surface area contributed by atoms with E-state index in [-0.39, 0.29) is 18.0 Å². The molecule has 1 N–H and O–H groups in total. The van der Waals surface area contributed by atoms with E-state index >= 15 is 0 Å². The zero-order valence-corrected chi connectivity index (χ0v) is 10.9. The molecule has 0 unspecified atom stereocenters. The van der Waals surface area contributed by atoms with Gasteiger partial charge in [0.2, 0.25) is 0 Å². The first-order valence-corrected chi connectivity index (χ1v) is 6.51. The number of Topliss-reactive ketones (excluding diaryl/α,β-unsaturated/α-hetero) is 1. The smallest absolute Gasteiger partial charge is 0.171 e. The molecule has 20 heavy (non-hydrogen) atoms. The fourth-order valence-corrected chi connectivity index (χ4v) is 2.32. The van der Waals surface area contributed by atoms with Gasteiger partial charge in [-0.05, 0) is 29.8 Å². The molecule has 0 aromatic heterocycles. The van der Waals surface area contributed by atoms with Gasteiger partial charge in [0.15, 0.2) is 11.5 Å². The minimum Gasteiger partial charge on any atom is -0.489 e. The van der Waals surface area contributed by atoms with E-state index in [1.54, 1.807) is 18.2 Å². The van der Waals surface area contributed by atoms with Gasteiger partial charge in [-0.3, -0.25) is 4.79 Å². The lowest BCUT2D eigenvalue weighted by molar-refractivity contribution is 0.0989. The van der Waals surface area contributed by atoms with Crippen molar-refractivity contribution in [3.63, 3.8) is 0 Å². The van der Waals surface area contributed by atoms with Crippen LogP contribution in [0.1, 0.15) is 15.9 Å². The van der Waals surface area contributed by atoms with Crippen molar-refractivity contribution in [2.75, 3.05) is 18.5 Å². The third kappa shape index (κ3) is 2.50. The van der Waals surface area contributed by atoms with Gasteiger partial charge in [-0.2, -0.15) is 0 Å². The molecule has 0 saturated carbocycles. The number of anilines is 1. The molecule has 0 amide bonds. The molecule has 4 heteroatoms. The van der Waals surface area contributed by atoms with Crippen LogP contribution in [0.3, 0.4) is 0 Å². The summed E-state index contributed by atoms with van der Waals surface area (Å²) in [4.78, 5) is 12.4. The van der Waals surface area contributed by atoms with E-state index in [0.29, 0.717) is 23.5 Å². The number of rotatable bonds is 3. The van der Waals surface area contributed by atoms with E-state index in [1.165, 1.54) is 12.1 Å². The van der Waals surface area contributed by atoms with Crippen LogP contribution in [0, 0.1) is 5.82 Å². The zero-order valence-electron chi connectivity index (χ0n) is 10.9. The van der Waals surface area contributed by atoms with Crippen LogP contribution in [0.4, 0.5) is 10.1 Å². The summed E-state index contributed by atoms with van der Waals surface area (Å²) in [6, 6.07) is 11.5. The van der Waals surface area contributed by atoms with Gasteiger partial charge in [0.05, 0.1) is 11.3 Å². The van der Waals surface area contributed by atoms with E-state index in [2.05, 4.69) is 5.32 Å². The quantitative estimate of drug-likeness (QED) is 0.872. The Bertz CT molecular complexity index is 655.